The Morgan fingerprint density at radius 2 is 2.36 bits per heavy atom. The number of rotatable bonds is 1. The van der Waals surface area contributed by atoms with E-state index in [9.17, 15) is 0 Å². The number of benzene rings is 1. The Bertz CT molecular complexity index is 373. The summed E-state index contributed by atoms with van der Waals surface area (Å²) in [6.45, 7) is 1.07. The fourth-order valence-corrected chi connectivity index (χ4v) is 1.86. The lowest BCUT2D eigenvalue weighted by Gasteiger charge is -2.11. The van der Waals surface area contributed by atoms with Crippen LogP contribution in [-0.4, -0.2) is 6.54 Å². The SMILES string of the molecule is N#Cc1cc(C2CCCN2)ccc1N. The van der Waals surface area contributed by atoms with Crippen LogP contribution in [0.2, 0.25) is 0 Å². The lowest BCUT2D eigenvalue weighted by Crippen LogP contribution is -2.13. The normalized spacial score (nSPS) is 20.6. The highest BCUT2D eigenvalue weighted by molar-refractivity contribution is 5.55. The fourth-order valence-electron chi connectivity index (χ4n) is 1.86. The van der Waals surface area contributed by atoms with Crippen molar-refractivity contribution in [2.45, 2.75) is 18.9 Å². The molecule has 1 heterocycles. The molecule has 1 unspecified atom stereocenters. The van der Waals surface area contributed by atoms with Crippen LogP contribution < -0.4 is 11.1 Å². The van der Waals surface area contributed by atoms with E-state index < -0.39 is 0 Å². The van der Waals surface area contributed by atoms with Crippen molar-refractivity contribution in [3.8, 4) is 6.07 Å². The highest BCUT2D eigenvalue weighted by Gasteiger charge is 2.16. The van der Waals surface area contributed by atoms with Crippen LogP contribution in [0.15, 0.2) is 18.2 Å². The quantitative estimate of drug-likeness (QED) is 0.656. The molecule has 14 heavy (non-hydrogen) atoms. The van der Waals surface area contributed by atoms with Gasteiger partial charge < -0.3 is 11.1 Å². The number of nitrogens with two attached hydrogens (primary N) is 1. The van der Waals surface area contributed by atoms with E-state index >= 15 is 0 Å². The summed E-state index contributed by atoms with van der Waals surface area (Å²) in [7, 11) is 0. The first-order valence-corrected chi connectivity index (χ1v) is 4.84. The molecule has 3 N–H and O–H groups in total. The molecule has 1 aliphatic heterocycles. The van der Waals surface area contributed by atoms with Gasteiger partial charge in [0.15, 0.2) is 0 Å². The third kappa shape index (κ3) is 1.57. The second-order valence-electron chi connectivity index (χ2n) is 3.61. The zero-order chi connectivity index (χ0) is 9.97. The maximum absolute atomic E-state index is 8.84. The summed E-state index contributed by atoms with van der Waals surface area (Å²) in [6, 6.07) is 8.21. The van der Waals surface area contributed by atoms with E-state index in [2.05, 4.69) is 11.4 Å². The Kier molecular flexibility index (Phi) is 2.38. The minimum Gasteiger partial charge on any atom is -0.398 e. The number of nitrogens with one attached hydrogen (secondary N) is 1. The van der Waals surface area contributed by atoms with Gasteiger partial charge in [-0.05, 0) is 37.1 Å². The minimum absolute atomic E-state index is 0.405. The third-order valence-corrected chi connectivity index (χ3v) is 2.66. The standard InChI is InChI=1S/C11H13N3/c12-7-9-6-8(3-4-10(9)13)11-2-1-5-14-11/h3-4,6,11,14H,1-2,5,13H2. The van der Waals surface area contributed by atoms with Crippen molar-refractivity contribution in [2.24, 2.45) is 0 Å². The van der Waals surface area contributed by atoms with E-state index in [1.807, 2.05) is 18.2 Å². The lowest BCUT2D eigenvalue weighted by atomic mass is 10.0. The van der Waals surface area contributed by atoms with Gasteiger partial charge in [-0.1, -0.05) is 6.07 Å². The van der Waals surface area contributed by atoms with Crippen LogP contribution in [0.4, 0.5) is 5.69 Å². The average molecular weight is 187 g/mol. The number of nitrogen functional groups attached to an aromatic ring is 1. The van der Waals surface area contributed by atoms with Crippen LogP contribution >= 0.6 is 0 Å². The van der Waals surface area contributed by atoms with Crippen molar-refractivity contribution < 1.29 is 0 Å². The van der Waals surface area contributed by atoms with E-state index in [4.69, 9.17) is 11.0 Å². The van der Waals surface area contributed by atoms with Gasteiger partial charge in [-0.25, -0.2) is 0 Å². The summed E-state index contributed by atoms with van der Waals surface area (Å²) in [5.41, 5.74) is 7.97. The monoisotopic (exact) mass is 187 g/mol. The van der Waals surface area contributed by atoms with Crippen LogP contribution in [0.1, 0.15) is 30.0 Å². The van der Waals surface area contributed by atoms with E-state index in [0.29, 0.717) is 17.3 Å². The number of anilines is 1. The van der Waals surface area contributed by atoms with Crippen molar-refractivity contribution >= 4 is 5.69 Å². The topological polar surface area (TPSA) is 61.8 Å². The molecule has 1 atom stereocenters. The molecule has 3 heteroatoms. The first kappa shape index (κ1) is 9.04. The Morgan fingerprint density at radius 3 is 3.00 bits per heavy atom. The molecule has 3 nitrogen and oxygen atoms in total. The van der Waals surface area contributed by atoms with Gasteiger partial charge in [0.1, 0.15) is 6.07 Å². The molecule has 1 aromatic rings. The van der Waals surface area contributed by atoms with E-state index in [0.717, 1.165) is 13.0 Å². The summed E-state index contributed by atoms with van der Waals surface area (Å²) in [4.78, 5) is 0. The van der Waals surface area contributed by atoms with E-state index in [-0.39, 0.29) is 0 Å². The second kappa shape index (κ2) is 3.69. The third-order valence-electron chi connectivity index (χ3n) is 2.66. The second-order valence-corrected chi connectivity index (χ2v) is 3.61. The number of hydrogen-bond acceptors (Lipinski definition) is 3. The molecule has 0 aliphatic carbocycles. The highest BCUT2D eigenvalue weighted by atomic mass is 14.9. The summed E-state index contributed by atoms with van der Waals surface area (Å²) in [5, 5.41) is 12.2. The largest absolute Gasteiger partial charge is 0.398 e. The molecule has 0 radical (unpaired) electrons. The van der Waals surface area contributed by atoms with Gasteiger partial charge in [0.25, 0.3) is 0 Å². The van der Waals surface area contributed by atoms with Crippen molar-refractivity contribution in [2.75, 3.05) is 12.3 Å². The molecule has 2 rings (SSSR count). The Hall–Kier alpha value is -1.53. The lowest BCUT2D eigenvalue weighted by molar-refractivity contribution is 0.648. The van der Waals surface area contributed by atoms with Gasteiger partial charge in [0.2, 0.25) is 0 Å². The van der Waals surface area contributed by atoms with Gasteiger partial charge in [-0.15, -0.1) is 0 Å². The van der Waals surface area contributed by atoms with Gasteiger partial charge in [-0.3, -0.25) is 0 Å². The molecule has 72 valence electrons. The predicted octanol–water partition coefficient (Wildman–Crippen LogP) is 1.56. The highest BCUT2D eigenvalue weighted by Crippen LogP contribution is 2.25. The van der Waals surface area contributed by atoms with Crippen LogP contribution in [0.5, 0.6) is 0 Å². The van der Waals surface area contributed by atoms with Gasteiger partial charge in [-0.2, -0.15) is 5.26 Å². The molecule has 1 fully saturated rings. The molecule has 0 spiro atoms. The summed E-state index contributed by atoms with van der Waals surface area (Å²) in [6.07, 6.45) is 2.35. The Morgan fingerprint density at radius 1 is 1.50 bits per heavy atom. The molecule has 0 saturated carbocycles. The van der Waals surface area contributed by atoms with Gasteiger partial charge >= 0.3 is 0 Å². The zero-order valence-corrected chi connectivity index (χ0v) is 7.96. The number of hydrogen-bond donors (Lipinski definition) is 2. The van der Waals surface area contributed by atoms with Crippen LogP contribution in [0.25, 0.3) is 0 Å². The molecule has 1 saturated heterocycles. The smallest absolute Gasteiger partial charge is 0.101 e. The number of nitrogens with zero attached hydrogens (tertiary/aromatic N) is 1. The maximum atomic E-state index is 8.84. The average Bonchev–Trinajstić information content (AvgIpc) is 2.71. The van der Waals surface area contributed by atoms with E-state index in [1.54, 1.807) is 0 Å². The summed E-state index contributed by atoms with van der Waals surface area (Å²) < 4.78 is 0. The summed E-state index contributed by atoms with van der Waals surface area (Å²) in [5.74, 6) is 0. The first-order valence-electron chi connectivity index (χ1n) is 4.84. The molecule has 0 amide bonds. The van der Waals surface area contributed by atoms with Crippen molar-refractivity contribution in [3.05, 3.63) is 29.3 Å². The minimum atomic E-state index is 0.405. The Balaban J connectivity index is 2.31. The van der Waals surface area contributed by atoms with Crippen LogP contribution in [0.3, 0.4) is 0 Å². The van der Waals surface area contributed by atoms with Crippen LogP contribution in [0, 0.1) is 11.3 Å². The maximum Gasteiger partial charge on any atom is 0.101 e. The molecule has 1 aromatic carbocycles. The zero-order valence-electron chi connectivity index (χ0n) is 7.96. The molecule has 0 aromatic heterocycles. The first-order chi connectivity index (χ1) is 6.81. The van der Waals surface area contributed by atoms with Crippen molar-refractivity contribution in [1.29, 1.82) is 5.26 Å². The summed E-state index contributed by atoms with van der Waals surface area (Å²) >= 11 is 0. The Labute approximate surface area is 83.5 Å². The predicted molar refractivity (Wildman–Crippen MR) is 55.5 cm³/mol. The van der Waals surface area contributed by atoms with Crippen molar-refractivity contribution in [3.63, 3.8) is 0 Å². The molecule has 1 aliphatic rings. The number of nitriles is 1. The van der Waals surface area contributed by atoms with Gasteiger partial charge in [0, 0.05) is 11.7 Å². The van der Waals surface area contributed by atoms with E-state index in [1.165, 1.54) is 12.0 Å². The molecular weight excluding hydrogens is 174 g/mol. The van der Waals surface area contributed by atoms with Crippen LogP contribution in [-0.2, 0) is 0 Å². The molecule has 0 bridgehead atoms. The molecular formula is C11H13N3. The fraction of sp³-hybridized carbons (Fsp3) is 0.364. The van der Waals surface area contributed by atoms with Gasteiger partial charge in [0.05, 0.1) is 5.56 Å². The van der Waals surface area contributed by atoms with Crippen molar-refractivity contribution in [1.82, 2.24) is 5.32 Å².